The highest BCUT2D eigenvalue weighted by molar-refractivity contribution is 5.48. The smallest absolute Gasteiger partial charge is 0.125 e. The second-order valence-corrected chi connectivity index (χ2v) is 5.38. The molecule has 18 heavy (non-hydrogen) atoms. The zero-order valence-electron chi connectivity index (χ0n) is 11.5. The molecule has 0 aliphatic rings. The Hall–Kier alpha value is -1.56. The highest BCUT2D eigenvalue weighted by Crippen LogP contribution is 2.20. The van der Waals surface area contributed by atoms with Gasteiger partial charge in [-0.1, -0.05) is 20.8 Å². The Bertz CT molecular complexity index is 414. The molecule has 1 aromatic rings. The average molecular weight is 248 g/mol. The Morgan fingerprint density at radius 1 is 1.28 bits per heavy atom. The van der Waals surface area contributed by atoms with Gasteiger partial charge in [0.15, 0.2) is 0 Å². The molecular formula is C15H21FN2. The second-order valence-electron chi connectivity index (χ2n) is 5.38. The van der Waals surface area contributed by atoms with Crippen LogP contribution >= 0.6 is 0 Å². The van der Waals surface area contributed by atoms with Gasteiger partial charge in [0, 0.05) is 5.69 Å². The number of anilines is 1. The third-order valence-corrected chi connectivity index (χ3v) is 2.92. The number of nitrogens with zero attached hydrogens (tertiary/aromatic N) is 1. The van der Waals surface area contributed by atoms with E-state index in [2.05, 4.69) is 25.2 Å². The first-order valence-electron chi connectivity index (χ1n) is 6.35. The SMILES string of the molecule is Cc1cc(F)cc(NC(C#N)C(C)CC(C)C)c1. The fourth-order valence-corrected chi connectivity index (χ4v) is 2.18. The largest absolute Gasteiger partial charge is 0.370 e. The normalized spacial score (nSPS) is 14.1. The van der Waals surface area contributed by atoms with E-state index in [0.29, 0.717) is 11.6 Å². The van der Waals surface area contributed by atoms with Crippen LogP contribution in [0.15, 0.2) is 18.2 Å². The van der Waals surface area contributed by atoms with Gasteiger partial charge in [0.05, 0.1) is 6.07 Å². The van der Waals surface area contributed by atoms with Crippen molar-refractivity contribution < 1.29 is 4.39 Å². The average Bonchev–Trinajstić information content (AvgIpc) is 2.23. The molecule has 0 fully saturated rings. The van der Waals surface area contributed by atoms with Crippen molar-refractivity contribution in [3.05, 3.63) is 29.6 Å². The van der Waals surface area contributed by atoms with Gasteiger partial charge in [0.1, 0.15) is 11.9 Å². The lowest BCUT2D eigenvalue weighted by atomic mass is 9.92. The quantitative estimate of drug-likeness (QED) is 0.850. The Labute approximate surface area is 109 Å². The van der Waals surface area contributed by atoms with E-state index in [-0.39, 0.29) is 17.8 Å². The fourth-order valence-electron chi connectivity index (χ4n) is 2.18. The summed E-state index contributed by atoms with van der Waals surface area (Å²) in [5.74, 6) is 0.510. The van der Waals surface area contributed by atoms with Crippen molar-refractivity contribution >= 4 is 5.69 Å². The number of benzene rings is 1. The summed E-state index contributed by atoms with van der Waals surface area (Å²) >= 11 is 0. The number of hydrogen-bond acceptors (Lipinski definition) is 2. The van der Waals surface area contributed by atoms with E-state index < -0.39 is 0 Å². The van der Waals surface area contributed by atoms with E-state index in [4.69, 9.17) is 0 Å². The number of rotatable bonds is 5. The Morgan fingerprint density at radius 3 is 2.44 bits per heavy atom. The number of aryl methyl sites for hydroxylation is 1. The van der Waals surface area contributed by atoms with Gasteiger partial charge in [-0.05, 0) is 48.9 Å². The van der Waals surface area contributed by atoms with Gasteiger partial charge in [0.2, 0.25) is 0 Å². The van der Waals surface area contributed by atoms with Gasteiger partial charge < -0.3 is 5.32 Å². The molecule has 2 atom stereocenters. The van der Waals surface area contributed by atoms with Crippen LogP contribution in [0.25, 0.3) is 0 Å². The third kappa shape index (κ3) is 4.37. The van der Waals surface area contributed by atoms with Crippen molar-refractivity contribution in [3.63, 3.8) is 0 Å². The van der Waals surface area contributed by atoms with Crippen molar-refractivity contribution in [2.75, 3.05) is 5.32 Å². The predicted molar refractivity (Wildman–Crippen MR) is 72.8 cm³/mol. The molecular weight excluding hydrogens is 227 g/mol. The molecule has 2 nitrogen and oxygen atoms in total. The summed E-state index contributed by atoms with van der Waals surface area (Å²) < 4.78 is 13.3. The molecule has 0 heterocycles. The van der Waals surface area contributed by atoms with E-state index in [1.807, 2.05) is 19.9 Å². The summed E-state index contributed by atoms with van der Waals surface area (Å²) in [6, 6.07) is 6.74. The van der Waals surface area contributed by atoms with Gasteiger partial charge in [0.25, 0.3) is 0 Å². The molecule has 98 valence electrons. The maximum absolute atomic E-state index is 13.3. The van der Waals surface area contributed by atoms with Gasteiger partial charge in [-0.15, -0.1) is 0 Å². The van der Waals surface area contributed by atoms with Crippen molar-refractivity contribution in [1.82, 2.24) is 0 Å². The van der Waals surface area contributed by atoms with E-state index in [0.717, 1.165) is 12.0 Å². The zero-order valence-corrected chi connectivity index (χ0v) is 11.5. The van der Waals surface area contributed by atoms with E-state index >= 15 is 0 Å². The molecule has 0 radical (unpaired) electrons. The lowest BCUT2D eigenvalue weighted by molar-refractivity contribution is 0.423. The standard InChI is InChI=1S/C15H21FN2/c1-10(2)5-12(4)15(9-17)18-14-7-11(3)6-13(16)8-14/h6-8,10,12,15,18H,5H2,1-4H3. The minimum absolute atomic E-state index is 0.235. The monoisotopic (exact) mass is 248 g/mol. The zero-order chi connectivity index (χ0) is 13.7. The maximum atomic E-state index is 13.3. The summed E-state index contributed by atoms with van der Waals surface area (Å²) in [5.41, 5.74) is 1.53. The van der Waals surface area contributed by atoms with Crippen molar-refractivity contribution in [2.24, 2.45) is 11.8 Å². The van der Waals surface area contributed by atoms with Crippen LogP contribution in [-0.2, 0) is 0 Å². The molecule has 0 bridgehead atoms. The molecule has 1 N–H and O–H groups in total. The third-order valence-electron chi connectivity index (χ3n) is 2.92. The first kappa shape index (κ1) is 14.5. The summed E-state index contributed by atoms with van der Waals surface area (Å²) in [5, 5.41) is 12.3. The minimum Gasteiger partial charge on any atom is -0.370 e. The van der Waals surface area contributed by atoms with Crippen molar-refractivity contribution in [3.8, 4) is 6.07 Å². The van der Waals surface area contributed by atoms with Crippen LogP contribution in [0.2, 0.25) is 0 Å². The van der Waals surface area contributed by atoms with Crippen LogP contribution in [0.1, 0.15) is 32.8 Å². The number of nitrogens with one attached hydrogen (secondary N) is 1. The predicted octanol–water partition coefficient (Wildman–Crippen LogP) is 4.12. The molecule has 1 aromatic carbocycles. The van der Waals surface area contributed by atoms with Gasteiger partial charge in [-0.25, -0.2) is 4.39 Å². The number of halogens is 1. The van der Waals surface area contributed by atoms with E-state index in [9.17, 15) is 9.65 Å². The van der Waals surface area contributed by atoms with E-state index in [1.54, 1.807) is 0 Å². The summed E-state index contributed by atoms with van der Waals surface area (Å²) in [6.07, 6.45) is 0.972. The molecule has 3 heteroatoms. The molecule has 0 saturated heterocycles. The summed E-state index contributed by atoms with van der Waals surface area (Å²) in [7, 11) is 0. The highest BCUT2D eigenvalue weighted by atomic mass is 19.1. The van der Waals surface area contributed by atoms with Crippen LogP contribution < -0.4 is 5.32 Å². The van der Waals surface area contributed by atoms with Crippen LogP contribution in [-0.4, -0.2) is 6.04 Å². The van der Waals surface area contributed by atoms with Crippen LogP contribution in [0, 0.1) is 35.9 Å². The number of hydrogen-bond donors (Lipinski definition) is 1. The lowest BCUT2D eigenvalue weighted by Crippen LogP contribution is -2.26. The van der Waals surface area contributed by atoms with E-state index in [1.165, 1.54) is 12.1 Å². The van der Waals surface area contributed by atoms with Crippen molar-refractivity contribution in [2.45, 2.75) is 40.2 Å². The molecule has 0 saturated carbocycles. The molecule has 0 amide bonds. The Kier molecular flexibility index (Phi) is 5.15. The first-order valence-corrected chi connectivity index (χ1v) is 6.35. The van der Waals surface area contributed by atoms with Crippen LogP contribution in [0.4, 0.5) is 10.1 Å². The van der Waals surface area contributed by atoms with Gasteiger partial charge in [-0.2, -0.15) is 5.26 Å². The highest BCUT2D eigenvalue weighted by Gasteiger charge is 2.17. The number of nitriles is 1. The molecule has 0 spiro atoms. The Morgan fingerprint density at radius 2 is 1.94 bits per heavy atom. The molecule has 0 aliphatic carbocycles. The lowest BCUT2D eigenvalue weighted by Gasteiger charge is -2.21. The van der Waals surface area contributed by atoms with Crippen LogP contribution in [0.5, 0.6) is 0 Å². The van der Waals surface area contributed by atoms with Crippen molar-refractivity contribution in [1.29, 1.82) is 5.26 Å². The Balaban J connectivity index is 2.77. The molecule has 0 aromatic heterocycles. The molecule has 2 unspecified atom stereocenters. The molecule has 0 aliphatic heterocycles. The topological polar surface area (TPSA) is 35.8 Å². The molecule has 1 rings (SSSR count). The maximum Gasteiger partial charge on any atom is 0.125 e. The second kappa shape index (κ2) is 6.39. The first-order chi connectivity index (χ1) is 8.42. The van der Waals surface area contributed by atoms with Gasteiger partial charge in [-0.3, -0.25) is 0 Å². The minimum atomic E-state index is -0.284. The summed E-state index contributed by atoms with van der Waals surface area (Å²) in [6.45, 7) is 8.16. The van der Waals surface area contributed by atoms with Crippen LogP contribution in [0.3, 0.4) is 0 Å². The fraction of sp³-hybridized carbons (Fsp3) is 0.533. The van der Waals surface area contributed by atoms with Gasteiger partial charge >= 0.3 is 0 Å². The summed E-state index contributed by atoms with van der Waals surface area (Å²) in [4.78, 5) is 0.